The number of nitrogens with two attached hydrogens (primary N) is 1. The lowest BCUT2D eigenvalue weighted by Crippen LogP contribution is -2.12. The summed E-state index contributed by atoms with van der Waals surface area (Å²) in [5.41, 5.74) is 10.5. The Bertz CT molecular complexity index is 540. The maximum atomic E-state index is 6.33. The topological polar surface area (TPSA) is 26.0 Å². The Morgan fingerprint density at radius 3 is 2.29 bits per heavy atom. The van der Waals surface area contributed by atoms with Crippen molar-refractivity contribution in [3.05, 3.63) is 71.3 Å². The van der Waals surface area contributed by atoms with Crippen molar-refractivity contribution in [2.75, 3.05) is 0 Å². The SMILES string of the molecule is NC(CCCc1ccccc1)c1ccc(C2CCC2)cc1. The van der Waals surface area contributed by atoms with Crippen LogP contribution in [-0.4, -0.2) is 0 Å². The average molecular weight is 279 g/mol. The summed E-state index contributed by atoms with van der Waals surface area (Å²) in [7, 11) is 0. The van der Waals surface area contributed by atoms with Gasteiger partial charge in [-0.05, 0) is 54.7 Å². The lowest BCUT2D eigenvalue weighted by Gasteiger charge is -2.26. The molecule has 0 spiro atoms. The highest BCUT2D eigenvalue weighted by atomic mass is 14.6. The zero-order chi connectivity index (χ0) is 14.5. The molecular weight excluding hydrogens is 254 g/mol. The van der Waals surface area contributed by atoms with E-state index in [1.807, 2.05) is 0 Å². The van der Waals surface area contributed by atoms with Crippen molar-refractivity contribution >= 4 is 0 Å². The highest BCUT2D eigenvalue weighted by molar-refractivity contribution is 5.28. The molecule has 3 rings (SSSR count). The Labute approximate surface area is 128 Å². The smallest absolute Gasteiger partial charge is 0.0294 e. The quantitative estimate of drug-likeness (QED) is 0.793. The highest BCUT2D eigenvalue weighted by Gasteiger charge is 2.19. The summed E-state index contributed by atoms with van der Waals surface area (Å²) >= 11 is 0. The Hall–Kier alpha value is -1.60. The molecule has 1 nitrogen and oxygen atoms in total. The maximum absolute atomic E-state index is 6.33. The summed E-state index contributed by atoms with van der Waals surface area (Å²) in [5, 5.41) is 0. The minimum absolute atomic E-state index is 0.171. The summed E-state index contributed by atoms with van der Waals surface area (Å²) in [6, 6.07) is 19.9. The molecule has 0 saturated heterocycles. The third-order valence-electron chi connectivity index (χ3n) is 4.76. The molecule has 2 N–H and O–H groups in total. The normalized spacial score (nSPS) is 16.4. The van der Waals surface area contributed by atoms with Crippen LogP contribution in [0.5, 0.6) is 0 Å². The summed E-state index contributed by atoms with van der Waals surface area (Å²) < 4.78 is 0. The van der Waals surface area contributed by atoms with Gasteiger partial charge in [0.25, 0.3) is 0 Å². The molecule has 0 bridgehead atoms. The maximum Gasteiger partial charge on any atom is 0.0294 e. The molecule has 110 valence electrons. The van der Waals surface area contributed by atoms with E-state index >= 15 is 0 Å². The standard InChI is InChI=1S/C20H25N/c21-20(11-4-8-16-6-2-1-3-7-16)19-14-12-18(13-15-19)17-9-5-10-17/h1-3,6-7,12-15,17,20H,4-5,8-11,21H2. The van der Waals surface area contributed by atoms with Crippen molar-refractivity contribution in [2.24, 2.45) is 5.73 Å². The molecule has 1 atom stereocenters. The fourth-order valence-electron chi connectivity index (χ4n) is 3.09. The van der Waals surface area contributed by atoms with Gasteiger partial charge in [0.15, 0.2) is 0 Å². The lowest BCUT2D eigenvalue weighted by molar-refractivity contribution is 0.419. The summed E-state index contributed by atoms with van der Waals surface area (Å²) in [4.78, 5) is 0. The second-order valence-electron chi connectivity index (χ2n) is 6.28. The minimum atomic E-state index is 0.171. The van der Waals surface area contributed by atoms with Crippen LogP contribution in [0.25, 0.3) is 0 Å². The van der Waals surface area contributed by atoms with Gasteiger partial charge in [0.05, 0.1) is 0 Å². The predicted octanol–water partition coefficient (Wildman–Crippen LogP) is 4.98. The van der Waals surface area contributed by atoms with Gasteiger partial charge in [-0.25, -0.2) is 0 Å². The molecule has 1 saturated carbocycles. The van der Waals surface area contributed by atoms with Gasteiger partial charge < -0.3 is 5.73 Å². The minimum Gasteiger partial charge on any atom is -0.324 e. The van der Waals surface area contributed by atoms with E-state index in [1.54, 1.807) is 0 Å². The number of hydrogen-bond donors (Lipinski definition) is 1. The average Bonchev–Trinajstić information content (AvgIpc) is 2.47. The fraction of sp³-hybridized carbons (Fsp3) is 0.400. The second-order valence-corrected chi connectivity index (χ2v) is 6.28. The van der Waals surface area contributed by atoms with Crippen molar-refractivity contribution in [1.29, 1.82) is 0 Å². The number of hydrogen-bond acceptors (Lipinski definition) is 1. The first-order valence-corrected chi connectivity index (χ1v) is 8.22. The molecule has 2 aromatic carbocycles. The molecule has 1 heteroatoms. The number of aryl methyl sites for hydroxylation is 1. The van der Waals surface area contributed by atoms with Crippen LogP contribution in [0.2, 0.25) is 0 Å². The van der Waals surface area contributed by atoms with E-state index in [4.69, 9.17) is 5.73 Å². The van der Waals surface area contributed by atoms with E-state index in [2.05, 4.69) is 54.6 Å². The van der Waals surface area contributed by atoms with Crippen LogP contribution < -0.4 is 5.73 Å². The van der Waals surface area contributed by atoms with Crippen molar-refractivity contribution in [2.45, 2.75) is 50.5 Å². The first-order valence-electron chi connectivity index (χ1n) is 8.22. The number of benzene rings is 2. The van der Waals surface area contributed by atoms with Crippen LogP contribution in [0.4, 0.5) is 0 Å². The van der Waals surface area contributed by atoms with E-state index < -0.39 is 0 Å². The Balaban J connectivity index is 1.49. The van der Waals surface area contributed by atoms with Crippen molar-refractivity contribution in [1.82, 2.24) is 0 Å². The monoisotopic (exact) mass is 279 g/mol. The van der Waals surface area contributed by atoms with Gasteiger partial charge in [0.2, 0.25) is 0 Å². The summed E-state index contributed by atoms with van der Waals surface area (Å²) in [6.45, 7) is 0. The van der Waals surface area contributed by atoms with Crippen LogP contribution in [0.15, 0.2) is 54.6 Å². The zero-order valence-electron chi connectivity index (χ0n) is 12.7. The number of rotatable bonds is 6. The van der Waals surface area contributed by atoms with Crippen molar-refractivity contribution in [3.63, 3.8) is 0 Å². The summed E-state index contributed by atoms with van der Waals surface area (Å²) in [6.07, 6.45) is 7.44. The van der Waals surface area contributed by atoms with Crippen LogP contribution in [0.3, 0.4) is 0 Å². The molecule has 0 aliphatic heterocycles. The van der Waals surface area contributed by atoms with Crippen LogP contribution in [-0.2, 0) is 6.42 Å². The Morgan fingerprint density at radius 2 is 1.67 bits per heavy atom. The largest absolute Gasteiger partial charge is 0.324 e. The molecule has 2 aromatic rings. The molecule has 1 aliphatic rings. The third-order valence-corrected chi connectivity index (χ3v) is 4.76. The third kappa shape index (κ3) is 3.74. The molecule has 1 unspecified atom stereocenters. The Kier molecular flexibility index (Phi) is 4.72. The molecule has 0 radical (unpaired) electrons. The molecule has 21 heavy (non-hydrogen) atoms. The van der Waals surface area contributed by atoms with E-state index in [-0.39, 0.29) is 6.04 Å². The van der Waals surface area contributed by atoms with Crippen LogP contribution >= 0.6 is 0 Å². The molecule has 1 aliphatic carbocycles. The first-order chi connectivity index (χ1) is 10.3. The fourth-order valence-corrected chi connectivity index (χ4v) is 3.09. The predicted molar refractivity (Wildman–Crippen MR) is 89.3 cm³/mol. The first kappa shape index (κ1) is 14.3. The molecule has 0 aromatic heterocycles. The van der Waals surface area contributed by atoms with E-state index in [1.165, 1.54) is 36.0 Å². The van der Waals surface area contributed by atoms with Gasteiger partial charge in [0, 0.05) is 6.04 Å². The van der Waals surface area contributed by atoms with E-state index in [0.717, 1.165) is 25.2 Å². The van der Waals surface area contributed by atoms with Gasteiger partial charge >= 0.3 is 0 Å². The van der Waals surface area contributed by atoms with Crippen molar-refractivity contribution < 1.29 is 0 Å². The van der Waals surface area contributed by atoms with Gasteiger partial charge in [0.1, 0.15) is 0 Å². The second kappa shape index (κ2) is 6.91. The summed E-state index contributed by atoms with van der Waals surface area (Å²) in [5.74, 6) is 0.813. The zero-order valence-corrected chi connectivity index (χ0v) is 12.7. The van der Waals surface area contributed by atoms with Gasteiger partial charge in [-0.1, -0.05) is 61.0 Å². The van der Waals surface area contributed by atoms with Gasteiger partial charge in [-0.2, -0.15) is 0 Å². The van der Waals surface area contributed by atoms with Gasteiger partial charge in [-0.3, -0.25) is 0 Å². The van der Waals surface area contributed by atoms with Gasteiger partial charge in [-0.15, -0.1) is 0 Å². The molecular formula is C20H25N. The van der Waals surface area contributed by atoms with Crippen molar-refractivity contribution in [3.8, 4) is 0 Å². The lowest BCUT2D eigenvalue weighted by atomic mass is 9.80. The van der Waals surface area contributed by atoms with E-state index in [0.29, 0.717) is 0 Å². The molecule has 1 fully saturated rings. The van der Waals surface area contributed by atoms with Crippen LogP contribution in [0.1, 0.15) is 60.8 Å². The highest BCUT2D eigenvalue weighted by Crippen LogP contribution is 2.36. The molecule has 0 heterocycles. The van der Waals surface area contributed by atoms with Crippen LogP contribution in [0, 0.1) is 0 Å². The van der Waals surface area contributed by atoms with E-state index in [9.17, 15) is 0 Å². The molecule has 0 amide bonds. The Morgan fingerprint density at radius 1 is 0.952 bits per heavy atom.